The molecule has 212 valence electrons. The van der Waals surface area contributed by atoms with Crippen LogP contribution in [0.15, 0.2) is 35.5 Å². The van der Waals surface area contributed by atoms with Crippen LogP contribution >= 0.6 is 0 Å². The molecule has 1 amide bonds. The van der Waals surface area contributed by atoms with Crippen LogP contribution in [0, 0.1) is 12.8 Å². The molecular weight excluding hydrogens is 492 g/mol. The minimum atomic E-state index is 0.0836. The number of carbonyl (C=O) groups is 1. The van der Waals surface area contributed by atoms with E-state index in [0.29, 0.717) is 12.5 Å². The number of morpholine rings is 1. The third-order valence-corrected chi connectivity index (χ3v) is 7.99. The number of aryl methyl sites for hydroxylation is 2. The summed E-state index contributed by atoms with van der Waals surface area (Å²) in [5.74, 6) is 3.12. The molecule has 1 aromatic heterocycles. The molecule has 39 heavy (non-hydrogen) atoms. The second kappa shape index (κ2) is 13.8. The maximum atomic E-state index is 12.5. The van der Waals surface area contributed by atoms with Gasteiger partial charge in [0.1, 0.15) is 17.2 Å². The smallest absolute Gasteiger partial charge is 0.225 e. The molecule has 0 spiro atoms. The van der Waals surface area contributed by atoms with Crippen molar-refractivity contribution >= 4 is 17.4 Å². The molecule has 2 fully saturated rings. The van der Waals surface area contributed by atoms with Crippen LogP contribution in [0.25, 0.3) is 0 Å². The Morgan fingerprint density at radius 3 is 2.26 bits per heavy atom. The number of pyridine rings is 1. The second-order valence-corrected chi connectivity index (χ2v) is 10.6. The predicted octanol–water partition coefficient (Wildman–Crippen LogP) is 5.05. The second-order valence-electron chi connectivity index (χ2n) is 10.6. The molecule has 1 atom stereocenters. The first-order valence-corrected chi connectivity index (χ1v) is 14.3. The Morgan fingerprint density at radius 2 is 1.69 bits per heavy atom. The number of hydrogen-bond acceptors (Lipinski definition) is 7. The number of nitrogens with zero attached hydrogens (tertiary/aromatic N) is 4. The fourth-order valence-electron chi connectivity index (χ4n) is 5.80. The molecular formula is C31H44N4O4. The molecule has 8 nitrogen and oxygen atoms in total. The molecule has 1 aromatic carbocycles. The first kappa shape index (κ1) is 28.9. The SMILES string of the molecule is CC(=O)N1C(c2ncc(N3CCOCC3)cc2C)=NCC1C1CCCCC1.CCc1cc(OC)cc(OC)c1. The first-order chi connectivity index (χ1) is 18.9. The van der Waals surface area contributed by atoms with Crippen molar-refractivity contribution in [2.45, 2.75) is 65.3 Å². The van der Waals surface area contributed by atoms with Gasteiger partial charge in [0.2, 0.25) is 5.91 Å². The molecule has 1 unspecified atom stereocenters. The van der Waals surface area contributed by atoms with Gasteiger partial charge in [0.15, 0.2) is 5.84 Å². The Kier molecular flexibility index (Phi) is 10.2. The van der Waals surface area contributed by atoms with E-state index in [-0.39, 0.29) is 11.9 Å². The highest BCUT2D eigenvalue weighted by Gasteiger charge is 2.38. The summed E-state index contributed by atoms with van der Waals surface area (Å²) in [5, 5.41) is 0. The number of methoxy groups -OCH3 is 2. The van der Waals surface area contributed by atoms with Gasteiger partial charge in [-0.15, -0.1) is 0 Å². The molecule has 1 saturated carbocycles. The summed E-state index contributed by atoms with van der Waals surface area (Å²) < 4.78 is 15.7. The lowest BCUT2D eigenvalue weighted by Crippen LogP contribution is -2.45. The molecule has 1 saturated heterocycles. The molecule has 3 heterocycles. The molecule has 2 aliphatic heterocycles. The predicted molar refractivity (Wildman–Crippen MR) is 155 cm³/mol. The van der Waals surface area contributed by atoms with Crippen molar-refractivity contribution in [2.24, 2.45) is 10.9 Å². The summed E-state index contributed by atoms with van der Waals surface area (Å²) in [6, 6.07) is 8.28. The van der Waals surface area contributed by atoms with E-state index in [2.05, 4.69) is 24.8 Å². The molecule has 5 rings (SSSR count). The number of anilines is 1. The van der Waals surface area contributed by atoms with E-state index in [9.17, 15) is 4.79 Å². The van der Waals surface area contributed by atoms with E-state index in [4.69, 9.17) is 24.2 Å². The van der Waals surface area contributed by atoms with Gasteiger partial charge in [-0.1, -0.05) is 26.2 Å². The highest BCUT2D eigenvalue weighted by Crippen LogP contribution is 2.33. The molecule has 2 aromatic rings. The summed E-state index contributed by atoms with van der Waals surface area (Å²) in [4.78, 5) is 26.3. The van der Waals surface area contributed by atoms with Crippen molar-refractivity contribution in [3.63, 3.8) is 0 Å². The lowest BCUT2D eigenvalue weighted by Gasteiger charge is -2.34. The third kappa shape index (κ3) is 7.10. The standard InChI is InChI=1S/C21H30N4O2.C10H14O2/c1-15-12-18(24-8-10-27-11-9-24)13-22-20(15)21-23-14-19(25(21)16(2)26)17-6-4-3-5-7-17;1-4-8-5-9(11-2)7-10(6-8)12-3/h12-13,17,19H,3-11,14H2,1-2H3;5-7H,4H2,1-3H3. The van der Waals surface area contributed by atoms with Crippen LogP contribution in [0.4, 0.5) is 5.69 Å². The van der Waals surface area contributed by atoms with E-state index >= 15 is 0 Å². The number of carbonyl (C=O) groups excluding carboxylic acids is 1. The Balaban J connectivity index is 0.000000247. The Labute approximate surface area is 233 Å². The van der Waals surface area contributed by atoms with Crippen molar-refractivity contribution in [1.82, 2.24) is 9.88 Å². The van der Waals surface area contributed by atoms with Crippen LogP contribution in [0.2, 0.25) is 0 Å². The van der Waals surface area contributed by atoms with Crippen molar-refractivity contribution in [1.29, 1.82) is 0 Å². The fourth-order valence-corrected chi connectivity index (χ4v) is 5.80. The van der Waals surface area contributed by atoms with Crippen LogP contribution in [0.1, 0.15) is 62.8 Å². The van der Waals surface area contributed by atoms with Crippen LogP contribution in [0.5, 0.6) is 11.5 Å². The van der Waals surface area contributed by atoms with Crippen molar-refractivity contribution in [2.75, 3.05) is 52.0 Å². The van der Waals surface area contributed by atoms with Gasteiger partial charge in [0.25, 0.3) is 0 Å². The summed E-state index contributed by atoms with van der Waals surface area (Å²) in [5.41, 5.74) is 4.27. The monoisotopic (exact) mass is 536 g/mol. The van der Waals surface area contributed by atoms with E-state index < -0.39 is 0 Å². The van der Waals surface area contributed by atoms with Crippen LogP contribution in [0.3, 0.4) is 0 Å². The zero-order valence-electron chi connectivity index (χ0n) is 24.2. The fraction of sp³-hybridized carbons (Fsp3) is 0.581. The molecule has 0 bridgehead atoms. The summed E-state index contributed by atoms with van der Waals surface area (Å²) in [6.07, 6.45) is 9.19. The van der Waals surface area contributed by atoms with Gasteiger partial charge in [-0.25, -0.2) is 0 Å². The van der Waals surface area contributed by atoms with Crippen molar-refractivity contribution < 1.29 is 19.0 Å². The van der Waals surface area contributed by atoms with Gasteiger partial charge in [-0.3, -0.25) is 19.7 Å². The lowest BCUT2D eigenvalue weighted by molar-refractivity contribution is -0.127. The largest absolute Gasteiger partial charge is 0.497 e. The Morgan fingerprint density at radius 1 is 1.03 bits per heavy atom. The average Bonchev–Trinajstić information content (AvgIpc) is 3.43. The van der Waals surface area contributed by atoms with Gasteiger partial charge in [0.05, 0.1) is 51.9 Å². The number of rotatable bonds is 6. The zero-order chi connectivity index (χ0) is 27.8. The topological polar surface area (TPSA) is 76.5 Å². The number of hydrogen-bond donors (Lipinski definition) is 0. The van der Waals surface area contributed by atoms with E-state index in [1.807, 2.05) is 29.3 Å². The number of aliphatic imine (C=N–C) groups is 1. The quantitative estimate of drug-likeness (QED) is 0.514. The van der Waals surface area contributed by atoms with Crippen molar-refractivity contribution in [3.8, 4) is 11.5 Å². The van der Waals surface area contributed by atoms with Gasteiger partial charge in [-0.2, -0.15) is 0 Å². The minimum absolute atomic E-state index is 0.0836. The zero-order valence-corrected chi connectivity index (χ0v) is 24.2. The van der Waals surface area contributed by atoms with Crippen molar-refractivity contribution in [3.05, 3.63) is 47.3 Å². The van der Waals surface area contributed by atoms with Crippen LogP contribution in [-0.4, -0.2) is 74.7 Å². The third-order valence-electron chi connectivity index (χ3n) is 7.99. The summed E-state index contributed by atoms with van der Waals surface area (Å²) >= 11 is 0. The summed E-state index contributed by atoms with van der Waals surface area (Å²) in [7, 11) is 3.32. The normalized spacial score (nSPS) is 19.7. The average molecular weight is 537 g/mol. The molecule has 0 radical (unpaired) electrons. The van der Waals surface area contributed by atoms with E-state index in [1.54, 1.807) is 21.1 Å². The van der Waals surface area contributed by atoms with Crippen LogP contribution < -0.4 is 14.4 Å². The van der Waals surface area contributed by atoms with Gasteiger partial charge < -0.3 is 19.1 Å². The van der Waals surface area contributed by atoms with Gasteiger partial charge in [-0.05, 0) is 61.4 Å². The van der Waals surface area contributed by atoms with Crippen LogP contribution in [-0.2, 0) is 16.0 Å². The molecule has 0 N–H and O–H groups in total. The number of aromatic nitrogens is 1. The van der Waals surface area contributed by atoms with Gasteiger partial charge in [0, 0.05) is 26.1 Å². The Bertz CT molecular complexity index is 1080. The lowest BCUT2D eigenvalue weighted by atomic mass is 9.83. The number of benzene rings is 1. The molecule has 3 aliphatic rings. The van der Waals surface area contributed by atoms with E-state index in [1.165, 1.54) is 37.7 Å². The highest BCUT2D eigenvalue weighted by atomic mass is 16.5. The van der Waals surface area contributed by atoms with E-state index in [0.717, 1.165) is 67.0 Å². The Hall–Kier alpha value is -3.13. The maximum Gasteiger partial charge on any atom is 0.225 e. The number of amides is 1. The highest BCUT2D eigenvalue weighted by molar-refractivity contribution is 6.08. The maximum absolute atomic E-state index is 12.5. The minimum Gasteiger partial charge on any atom is -0.497 e. The summed E-state index contributed by atoms with van der Waals surface area (Å²) in [6.45, 7) is 9.86. The molecule has 1 aliphatic carbocycles. The molecule has 8 heteroatoms. The van der Waals surface area contributed by atoms with Gasteiger partial charge >= 0.3 is 0 Å². The number of amidine groups is 1. The number of ether oxygens (including phenoxy) is 3. The first-order valence-electron chi connectivity index (χ1n) is 14.3.